The standard InChI is InChI=1S/C23H30N2O5/c26-19(17-29-20-6-2-1-3-7-20)16-24-12-15-28-21-8-10-22(11-9-21)30-18-23(27)25-13-4-5-14-25/h1-3,6-11,19,24,26H,4-5,12-18H2. The summed E-state index contributed by atoms with van der Waals surface area (Å²) in [6.07, 6.45) is 1.56. The average Bonchev–Trinajstić information content (AvgIpc) is 3.32. The lowest BCUT2D eigenvalue weighted by Gasteiger charge is -2.15. The van der Waals surface area contributed by atoms with E-state index in [4.69, 9.17) is 14.2 Å². The molecule has 0 radical (unpaired) electrons. The number of aliphatic hydroxyl groups is 1. The van der Waals surface area contributed by atoms with Crippen molar-refractivity contribution in [1.29, 1.82) is 0 Å². The highest BCUT2D eigenvalue weighted by Gasteiger charge is 2.18. The molecule has 30 heavy (non-hydrogen) atoms. The molecular weight excluding hydrogens is 384 g/mol. The largest absolute Gasteiger partial charge is 0.492 e. The number of rotatable bonds is 12. The molecule has 2 N–H and O–H groups in total. The molecule has 1 amide bonds. The number of carbonyl (C=O) groups excluding carboxylic acids is 1. The minimum Gasteiger partial charge on any atom is -0.492 e. The molecule has 0 saturated carbocycles. The van der Waals surface area contributed by atoms with Crippen molar-refractivity contribution in [3.05, 3.63) is 54.6 Å². The number of aliphatic hydroxyl groups excluding tert-OH is 1. The minimum absolute atomic E-state index is 0.0373. The van der Waals surface area contributed by atoms with Crippen LogP contribution in [0.25, 0.3) is 0 Å². The number of amides is 1. The zero-order valence-corrected chi connectivity index (χ0v) is 17.2. The lowest BCUT2D eigenvalue weighted by atomic mass is 10.3. The Morgan fingerprint density at radius 2 is 1.57 bits per heavy atom. The van der Waals surface area contributed by atoms with E-state index in [0.29, 0.717) is 25.4 Å². The number of nitrogens with zero attached hydrogens (tertiary/aromatic N) is 1. The lowest BCUT2D eigenvalue weighted by molar-refractivity contribution is -0.132. The molecule has 3 rings (SSSR count). The van der Waals surface area contributed by atoms with Crippen LogP contribution in [0.3, 0.4) is 0 Å². The van der Waals surface area contributed by atoms with Crippen molar-refractivity contribution in [3.8, 4) is 17.2 Å². The summed E-state index contributed by atoms with van der Waals surface area (Å²) in [6.45, 7) is 3.47. The highest BCUT2D eigenvalue weighted by Crippen LogP contribution is 2.18. The summed E-state index contributed by atoms with van der Waals surface area (Å²) in [6, 6.07) is 16.6. The smallest absolute Gasteiger partial charge is 0.260 e. The third-order valence-electron chi connectivity index (χ3n) is 4.76. The fourth-order valence-electron chi connectivity index (χ4n) is 3.11. The van der Waals surface area contributed by atoms with E-state index < -0.39 is 6.10 Å². The fourth-order valence-corrected chi connectivity index (χ4v) is 3.11. The van der Waals surface area contributed by atoms with Crippen LogP contribution < -0.4 is 19.5 Å². The van der Waals surface area contributed by atoms with Crippen LogP contribution in [0.5, 0.6) is 17.2 Å². The maximum absolute atomic E-state index is 12.0. The van der Waals surface area contributed by atoms with Gasteiger partial charge in [0, 0.05) is 26.2 Å². The lowest BCUT2D eigenvalue weighted by Crippen LogP contribution is -2.33. The summed E-state index contributed by atoms with van der Waals surface area (Å²) in [5.74, 6) is 2.15. The van der Waals surface area contributed by atoms with Crippen LogP contribution in [0.15, 0.2) is 54.6 Å². The normalized spacial score (nSPS) is 14.4. The van der Waals surface area contributed by atoms with Crippen LogP contribution in [-0.4, -0.2) is 68.0 Å². The molecule has 2 aromatic carbocycles. The molecule has 0 bridgehead atoms. The van der Waals surface area contributed by atoms with Crippen LogP contribution in [0, 0.1) is 0 Å². The number of nitrogens with one attached hydrogen (secondary N) is 1. The second-order valence-electron chi connectivity index (χ2n) is 7.18. The van der Waals surface area contributed by atoms with Crippen molar-refractivity contribution in [2.75, 3.05) is 46.0 Å². The monoisotopic (exact) mass is 414 g/mol. The van der Waals surface area contributed by atoms with Gasteiger partial charge < -0.3 is 29.5 Å². The molecule has 1 unspecified atom stereocenters. The van der Waals surface area contributed by atoms with Gasteiger partial charge in [0.05, 0.1) is 0 Å². The minimum atomic E-state index is -0.593. The van der Waals surface area contributed by atoms with E-state index >= 15 is 0 Å². The second-order valence-corrected chi connectivity index (χ2v) is 7.18. The molecule has 2 aromatic rings. The highest BCUT2D eigenvalue weighted by atomic mass is 16.5. The highest BCUT2D eigenvalue weighted by molar-refractivity contribution is 5.78. The number of para-hydroxylation sites is 1. The van der Waals surface area contributed by atoms with E-state index in [1.807, 2.05) is 47.4 Å². The third-order valence-corrected chi connectivity index (χ3v) is 4.76. The Kier molecular flexibility index (Phi) is 8.80. The van der Waals surface area contributed by atoms with Gasteiger partial charge in [-0.05, 0) is 49.2 Å². The van der Waals surface area contributed by atoms with Crippen molar-refractivity contribution >= 4 is 5.91 Å². The van der Waals surface area contributed by atoms with Crippen LogP contribution >= 0.6 is 0 Å². The van der Waals surface area contributed by atoms with Gasteiger partial charge in [-0.1, -0.05) is 18.2 Å². The van der Waals surface area contributed by atoms with E-state index in [-0.39, 0.29) is 19.1 Å². The SMILES string of the molecule is O=C(COc1ccc(OCCNCC(O)COc2ccccc2)cc1)N1CCCC1. The van der Waals surface area contributed by atoms with E-state index in [9.17, 15) is 9.90 Å². The molecule has 1 saturated heterocycles. The quantitative estimate of drug-likeness (QED) is 0.518. The molecule has 1 heterocycles. The van der Waals surface area contributed by atoms with E-state index in [2.05, 4.69) is 5.32 Å². The fraction of sp³-hybridized carbons (Fsp3) is 0.435. The van der Waals surface area contributed by atoms with Gasteiger partial charge in [-0.15, -0.1) is 0 Å². The average molecular weight is 415 g/mol. The third kappa shape index (κ3) is 7.57. The zero-order chi connectivity index (χ0) is 21.0. The molecule has 0 spiro atoms. The first kappa shape index (κ1) is 21.9. The second kappa shape index (κ2) is 12.0. The van der Waals surface area contributed by atoms with Crippen LogP contribution in [-0.2, 0) is 4.79 Å². The first-order chi connectivity index (χ1) is 14.7. The number of benzene rings is 2. The number of carbonyl (C=O) groups is 1. The molecule has 1 aliphatic rings. The molecule has 7 heteroatoms. The van der Waals surface area contributed by atoms with Gasteiger partial charge in [-0.25, -0.2) is 0 Å². The van der Waals surface area contributed by atoms with E-state index in [1.54, 1.807) is 12.1 Å². The number of likely N-dealkylation sites (tertiary alicyclic amines) is 1. The van der Waals surface area contributed by atoms with Crippen molar-refractivity contribution < 1.29 is 24.1 Å². The van der Waals surface area contributed by atoms with Gasteiger partial charge in [0.2, 0.25) is 0 Å². The molecule has 7 nitrogen and oxygen atoms in total. The molecule has 1 aliphatic heterocycles. The van der Waals surface area contributed by atoms with Gasteiger partial charge in [-0.2, -0.15) is 0 Å². The summed E-state index contributed by atoms with van der Waals surface area (Å²) in [5, 5.41) is 13.1. The first-order valence-electron chi connectivity index (χ1n) is 10.4. The predicted octanol–water partition coefficient (Wildman–Crippen LogP) is 2.10. The van der Waals surface area contributed by atoms with Gasteiger partial charge in [0.1, 0.15) is 36.6 Å². The van der Waals surface area contributed by atoms with Crippen LogP contribution in [0.1, 0.15) is 12.8 Å². The van der Waals surface area contributed by atoms with Crippen molar-refractivity contribution in [2.45, 2.75) is 18.9 Å². The van der Waals surface area contributed by atoms with E-state index in [1.165, 1.54) is 0 Å². The molecule has 1 atom stereocenters. The zero-order valence-electron chi connectivity index (χ0n) is 17.2. The maximum Gasteiger partial charge on any atom is 0.260 e. The predicted molar refractivity (Wildman–Crippen MR) is 114 cm³/mol. The van der Waals surface area contributed by atoms with Crippen molar-refractivity contribution in [1.82, 2.24) is 10.2 Å². The molecular formula is C23H30N2O5. The Morgan fingerprint density at radius 3 is 2.27 bits per heavy atom. The molecule has 1 fully saturated rings. The summed E-state index contributed by atoms with van der Waals surface area (Å²) < 4.78 is 16.7. The Bertz CT molecular complexity index is 748. The number of ether oxygens (including phenoxy) is 3. The Labute approximate surface area is 177 Å². The summed E-state index contributed by atoms with van der Waals surface area (Å²) in [5.41, 5.74) is 0. The van der Waals surface area contributed by atoms with Gasteiger partial charge in [0.15, 0.2) is 6.61 Å². The van der Waals surface area contributed by atoms with Gasteiger partial charge in [0.25, 0.3) is 5.91 Å². The van der Waals surface area contributed by atoms with Gasteiger partial charge in [-0.3, -0.25) is 4.79 Å². The topological polar surface area (TPSA) is 80.3 Å². The van der Waals surface area contributed by atoms with E-state index in [0.717, 1.165) is 37.4 Å². The van der Waals surface area contributed by atoms with Crippen molar-refractivity contribution in [3.63, 3.8) is 0 Å². The maximum atomic E-state index is 12.0. The Balaban J connectivity index is 1.24. The first-order valence-corrected chi connectivity index (χ1v) is 10.4. The summed E-state index contributed by atoms with van der Waals surface area (Å²) in [7, 11) is 0. The van der Waals surface area contributed by atoms with Gasteiger partial charge >= 0.3 is 0 Å². The number of hydrogen-bond donors (Lipinski definition) is 2. The van der Waals surface area contributed by atoms with Crippen LogP contribution in [0.2, 0.25) is 0 Å². The molecule has 0 aromatic heterocycles. The summed E-state index contributed by atoms with van der Waals surface area (Å²) in [4.78, 5) is 13.8. The Hall–Kier alpha value is -2.77. The van der Waals surface area contributed by atoms with Crippen LogP contribution in [0.4, 0.5) is 0 Å². The number of hydrogen-bond acceptors (Lipinski definition) is 6. The summed E-state index contributed by atoms with van der Waals surface area (Å²) >= 11 is 0. The molecule has 0 aliphatic carbocycles. The Morgan fingerprint density at radius 1 is 0.933 bits per heavy atom. The van der Waals surface area contributed by atoms with Crippen molar-refractivity contribution in [2.24, 2.45) is 0 Å². The molecule has 162 valence electrons.